The third-order valence-electron chi connectivity index (χ3n) is 5.55. The molecule has 7 nitrogen and oxygen atoms in total. The van der Waals surface area contributed by atoms with E-state index in [0.29, 0.717) is 30.6 Å². The first kappa shape index (κ1) is 21.7. The molecule has 0 spiro atoms. The molecule has 1 N–H and O–H groups in total. The summed E-state index contributed by atoms with van der Waals surface area (Å²) in [5.74, 6) is 2.63. The minimum atomic E-state index is -0.0540. The highest BCUT2D eigenvalue weighted by Gasteiger charge is 2.29. The number of aryl methyl sites for hydroxylation is 1. The van der Waals surface area contributed by atoms with Crippen LogP contribution in [-0.2, 0) is 6.54 Å². The molecule has 1 aromatic heterocycles. The minimum absolute atomic E-state index is 0.0540. The number of benzene rings is 2. The van der Waals surface area contributed by atoms with E-state index in [-0.39, 0.29) is 6.03 Å². The molecule has 1 aliphatic rings. The summed E-state index contributed by atoms with van der Waals surface area (Å²) >= 11 is 0. The van der Waals surface area contributed by atoms with Gasteiger partial charge in [0.15, 0.2) is 0 Å². The van der Waals surface area contributed by atoms with Crippen molar-refractivity contribution in [3.05, 3.63) is 65.9 Å². The van der Waals surface area contributed by atoms with Crippen LogP contribution in [0.3, 0.4) is 0 Å². The van der Waals surface area contributed by atoms with Crippen LogP contribution in [0.4, 0.5) is 4.79 Å². The summed E-state index contributed by atoms with van der Waals surface area (Å²) < 4.78 is 13.4. The van der Waals surface area contributed by atoms with Crippen LogP contribution in [0.2, 0.25) is 0 Å². The summed E-state index contributed by atoms with van der Waals surface area (Å²) in [5.41, 5.74) is 2.64. The molecule has 0 atom stereocenters. The van der Waals surface area contributed by atoms with E-state index in [9.17, 15) is 4.79 Å². The highest BCUT2D eigenvalue weighted by Crippen LogP contribution is 2.34. The third kappa shape index (κ3) is 5.04. The maximum Gasteiger partial charge on any atom is 0.317 e. The van der Waals surface area contributed by atoms with Gasteiger partial charge in [0.25, 0.3) is 0 Å². The van der Waals surface area contributed by atoms with Gasteiger partial charge < -0.3 is 19.7 Å². The van der Waals surface area contributed by atoms with E-state index in [4.69, 9.17) is 14.6 Å². The van der Waals surface area contributed by atoms with Crippen molar-refractivity contribution in [2.45, 2.75) is 33.2 Å². The topological polar surface area (TPSA) is 68.6 Å². The Morgan fingerprint density at radius 1 is 1.12 bits per heavy atom. The Morgan fingerprint density at radius 3 is 2.44 bits per heavy atom. The number of hydrogen-bond acceptors (Lipinski definition) is 4. The van der Waals surface area contributed by atoms with Crippen LogP contribution >= 0.6 is 0 Å². The standard InChI is InChI=1S/C25H30N4O3/c1-4-26-25(30)28(16-19-10-11-19)17-23-18(2)27-29(20-8-6-5-7-9-20)24(23)32-22-14-12-21(31-3)13-15-22/h5-9,12-15,19H,4,10-11,16-17H2,1-3H3,(H,26,30). The van der Waals surface area contributed by atoms with Crippen molar-refractivity contribution in [3.63, 3.8) is 0 Å². The predicted molar refractivity (Wildman–Crippen MR) is 124 cm³/mol. The van der Waals surface area contributed by atoms with E-state index in [1.165, 1.54) is 12.8 Å². The second kappa shape index (κ2) is 9.77. The van der Waals surface area contributed by atoms with Gasteiger partial charge >= 0.3 is 6.03 Å². The fourth-order valence-electron chi connectivity index (χ4n) is 3.61. The summed E-state index contributed by atoms with van der Waals surface area (Å²) in [6.45, 7) is 5.67. The number of methoxy groups -OCH3 is 1. The van der Waals surface area contributed by atoms with Crippen molar-refractivity contribution >= 4 is 6.03 Å². The maximum absolute atomic E-state index is 12.8. The number of amides is 2. The van der Waals surface area contributed by atoms with Gasteiger partial charge in [-0.3, -0.25) is 0 Å². The molecule has 168 valence electrons. The number of urea groups is 1. The van der Waals surface area contributed by atoms with Gasteiger partial charge in [-0.25, -0.2) is 9.48 Å². The zero-order chi connectivity index (χ0) is 22.5. The summed E-state index contributed by atoms with van der Waals surface area (Å²) in [4.78, 5) is 14.6. The Balaban J connectivity index is 1.71. The van der Waals surface area contributed by atoms with Gasteiger partial charge in [0.1, 0.15) is 11.5 Å². The summed E-state index contributed by atoms with van der Waals surface area (Å²) in [7, 11) is 1.64. The number of hydrogen-bond donors (Lipinski definition) is 1. The van der Waals surface area contributed by atoms with E-state index >= 15 is 0 Å². The predicted octanol–water partition coefficient (Wildman–Crippen LogP) is 4.92. The molecular formula is C25H30N4O3. The second-order valence-electron chi connectivity index (χ2n) is 8.05. The first-order chi connectivity index (χ1) is 15.6. The molecule has 0 bridgehead atoms. The molecule has 1 fully saturated rings. The molecule has 1 heterocycles. The lowest BCUT2D eigenvalue weighted by atomic mass is 10.2. The third-order valence-corrected chi connectivity index (χ3v) is 5.55. The number of rotatable bonds is 9. The maximum atomic E-state index is 12.8. The molecule has 1 aliphatic carbocycles. The van der Waals surface area contributed by atoms with E-state index in [1.807, 2.05) is 78.0 Å². The number of carbonyl (C=O) groups is 1. The number of nitrogens with zero attached hydrogens (tertiary/aromatic N) is 3. The first-order valence-corrected chi connectivity index (χ1v) is 11.1. The molecule has 0 unspecified atom stereocenters. The SMILES string of the molecule is CCNC(=O)N(Cc1c(C)nn(-c2ccccc2)c1Oc1ccc(OC)cc1)CC1CC1. The van der Waals surface area contributed by atoms with Crippen LogP contribution in [0.1, 0.15) is 31.0 Å². The van der Waals surface area contributed by atoms with Gasteiger partial charge in [0.2, 0.25) is 5.88 Å². The number of carbonyl (C=O) groups excluding carboxylic acids is 1. The fraction of sp³-hybridized carbons (Fsp3) is 0.360. The number of aromatic nitrogens is 2. The van der Waals surface area contributed by atoms with Crippen molar-refractivity contribution in [3.8, 4) is 23.1 Å². The van der Waals surface area contributed by atoms with Crippen LogP contribution in [0.15, 0.2) is 54.6 Å². The molecule has 2 aromatic carbocycles. The van der Waals surface area contributed by atoms with Crippen LogP contribution in [-0.4, -0.2) is 40.9 Å². The average Bonchev–Trinajstić information content (AvgIpc) is 3.59. The molecule has 0 aliphatic heterocycles. The molecule has 32 heavy (non-hydrogen) atoms. The number of ether oxygens (including phenoxy) is 2. The Morgan fingerprint density at radius 2 is 1.81 bits per heavy atom. The summed E-state index contributed by atoms with van der Waals surface area (Å²) in [6.07, 6.45) is 2.35. The lowest BCUT2D eigenvalue weighted by molar-refractivity contribution is 0.192. The van der Waals surface area contributed by atoms with Crippen LogP contribution in [0.5, 0.6) is 17.4 Å². The Hall–Kier alpha value is -3.48. The van der Waals surface area contributed by atoms with Gasteiger partial charge in [0.05, 0.1) is 30.6 Å². The molecule has 1 saturated carbocycles. The molecule has 0 saturated heterocycles. The lowest BCUT2D eigenvalue weighted by Gasteiger charge is -2.23. The van der Waals surface area contributed by atoms with Crippen molar-refractivity contribution in [2.75, 3.05) is 20.2 Å². The summed E-state index contributed by atoms with van der Waals surface area (Å²) in [6, 6.07) is 17.3. The second-order valence-corrected chi connectivity index (χ2v) is 8.05. The van der Waals surface area contributed by atoms with Gasteiger partial charge in [-0.2, -0.15) is 5.10 Å². The summed E-state index contributed by atoms with van der Waals surface area (Å²) in [5, 5.41) is 7.72. The zero-order valence-electron chi connectivity index (χ0n) is 18.9. The Kier molecular flexibility index (Phi) is 6.63. The first-order valence-electron chi connectivity index (χ1n) is 11.1. The van der Waals surface area contributed by atoms with Crippen molar-refractivity contribution in [1.82, 2.24) is 20.0 Å². The van der Waals surface area contributed by atoms with Crippen molar-refractivity contribution < 1.29 is 14.3 Å². The number of para-hydroxylation sites is 1. The van der Waals surface area contributed by atoms with Crippen LogP contribution in [0, 0.1) is 12.8 Å². The smallest absolute Gasteiger partial charge is 0.317 e. The Bertz CT molecular complexity index is 1040. The van der Waals surface area contributed by atoms with E-state index in [2.05, 4.69) is 5.32 Å². The van der Waals surface area contributed by atoms with Gasteiger partial charge in [0, 0.05) is 13.1 Å². The largest absolute Gasteiger partial charge is 0.497 e. The van der Waals surface area contributed by atoms with E-state index in [0.717, 1.165) is 29.2 Å². The molecule has 3 aromatic rings. The normalized spacial score (nSPS) is 13.0. The number of nitrogens with one attached hydrogen (secondary N) is 1. The van der Waals surface area contributed by atoms with Crippen LogP contribution < -0.4 is 14.8 Å². The minimum Gasteiger partial charge on any atom is -0.497 e. The lowest BCUT2D eigenvalue weighted by Crippen LogP contribution is -2.40. The Labute approximate surface area is 188 Å². The van der Waals surface area contributed by atoms with Gasteiger partial charge in [-0.1, -0.05) is 18.2 Å². The van der Waals surface area contributed by atoms with Gasteiger partial charge in [-0.05, 0) is 69.0 Å². The van der Waals surface area contributed by atoms with Crippen molar-refractivity contribution in [2.24, 2.45) is 5.92 Å². The molecular weight excluding hydrogens is 404 g/mol. The fourth-order valence-corrected chi connectivity index (χ4v) is 3.61. The highest BCUT2D eigenvalue weighted by atomic mass is 16.5. The highest BCUT2D eigenvalue weighted by molar-refractivity contribution is 5.74. The molecule has 0 radical (unpaired) electrons. The van der Waals surface area contributed by atoms with E-state index < -0.39 is 0 Å². The van der Waals surface area contributed by atoms with Crippen LogP contribution in [0.25, 0.3) is 5.69 Å². The average molecular weight is 435 g/mol. The van der Waals surface area contributed by atoms with E-state index in [1.54, 1.807) is 7.11 Å². The van der Waals surface area contributed by atoms with Gasteiger partial charge in [-0.15, -0.1) is 0 Å². The molecule has 2 amide bonds. The zero-order valence-corrected chi connectivity index (χ0v) is 18.9. The molecule has 4 rings (SSSR count). The quantitative estimate of drug-likeness (QED) is 0.519. The molecule has 7 heteroatoms. The van der Waals surface area contributed by atoms with Crippen molar-refractivity contribution in [1.29, 1.82) is 0 Å². The monoisotopic (exact) mass is 434 g/mol.